The van der Waals surface area contributed by atoms with Crippen LogP contribution in [0.25, 0.3) is 0 Å². The molecule has 1 unspecified atom stereocenters. The van der Waals surface area contributed by atoms with Crippen molar-refractivity contribution in [3.8, 4) is 5.75 Å². The number of halogens is 1. The number of anilines is 1. The van der Waals surface area contributed by atoms with Gasteiger partial charge in [0.15, 0.2) is 5.96 Å². The van der Waals surface area contributed by atoms with Crippen LogP contribution in [0.4, 0.5) is 10.1 Å². The maximum absolute atomic E-state index is 13.2. The Morgan fingerprint density at radius 2 is 1.92 bits per heavy atom. The van der Waals surface area contributed by atoms with Crippen molar-refractivity contribution < 1.29 is 9.13 Å². The SMILES string of the molecule is CN=C(NCc1cccc(N(C)C)c1)NCC(C)Oc1cccc(F)c1. The quantitative estimate of drug-likeness (QED) is 0.590. The molecular weight excluding hydrogens is 331 g/mol. The topological polar surface area (TPSA) is 48.9 Å². The van der Waals surface area contributed by atoms with E-state index in [0.717, 1.165) is 5.69 Å². The molecule has 0 spiro atoms. The fourth-order valence-corrected chi connectivity index (χ4v) is 2.41. The predicted molar refractivity (Wildman–Crippen MR) is 105 cm³/mol. The van der Waals surface area contributed by atoms with Crippen molar-refractivity contribution in [3.05, 3.63) is 59.9 Å². The highest BCUT2D eigenvalue weighted by molar-refractivity contribution is 5.79. The first kappa shape index (κ1) is 19.6. The van der Waals surface area contributed by atoms with E-state index in [1.165, 1.54) is 17.7 Å². The van der Waals surface area contributed by atoms with Crippen LogP contribution in [0.3, 0.4) is 0 Å². The van der Waals surface area contributed by atoms with Crippen LogP contribution in [0.15, 0.2) is 53.5 Å². The van der Waals surface area contributed by atoms with Crippen molar-refractivity contribution in [1.29, 1.82) is 0 Å². The van der Waals surface area contributed by atoms with Crippen molar-refractivity contribution in [1.82, 2.24) is 10.6 Å². The molecule has 0 fully saturated rings. The molecule has 0 heterocycles. The third-order valence-corrected chi connectivity index (χ3v) is 3.80. The van der Waals surface area contributed by atoms with Gasteiger partial charge in [-0.3, -0.25) is 4.99 Å². The lowest BCUT2D eigenvalue weighted by molar-refractivity contribution is 0.223. The zero-order chi connectivity index (χ0) is 18.9. The number of aliphatic imine (C=N–C) groups is 1. The van der Waals surface area contributed by atoms with Crippen molar-refractivity contribution in [3.63, 3.8) is 0 Å². The summed E-state index contributed by atoms with van der Waals surface area (Å²) in [6, 6.07) is 14.5. The lowest BCUT2D eigenvalue weighted by Crippen LogP contribution is -2.41. The van der Waals surface area contributed by atoms with Crippen LogP contribution in [0.5, 0.6) is 5.75 Å². The van der Waals surface area contributed by atoms with E-state index in [0.29, 0.717) is 24.8 Å². The zero-order valence-corrected chi connectivity index (χ0v) is 15.8. The molecule has 26 heavy (non-hydrogen) atoms. The molecule has 2 rings (SSSR count). The van der Waals surface area contributed by atoms with Crippen LogP contribution in [0.1, 0.15) is 12.5 Å². The Labute approximate surface area is 154 Å². The summed E-state index contributed by atoms with van der Waals surface area (Å²) in [5, 5.41) is 6.51. The maximum Gasteiger partial charge on any atom is 0.191 e. The first-order chi connectivity index (χ1) is 12.5. The van der Waals surface area contributed by atoms with Gasteiger partial charge < -0.3 is 20.3 Å². The Morgan fingerprint density at radius 3 is 2.62 bits per heavy atom. The number of ether oxygens (including phenoxy) is 1. The van der Waals surface area contributed by atoms with Crippen molar-refractivity contribution >= 4 is 11.6 Å². The smallest absolute Gasteiger partial charge is 0.191 e. The van der Waals surface area contributed by atoms with Crippen LogP contribution >= 0.6 is 0 Å². The van der Waals surface area contributed by atoms with Gasteiger partial charge in [-0.15, -0.1) is 0 Å². The maximum atomic E-state index is 13.2. The highest BCUT2D eigenvalue weighted by Gasteiger charge is 2.07. The lowest BCUT2D eigenvalue weighted by atomic mass is 10.2. The summed E-state index contributed by atoms with van der Waals surface area (Å²) in [6.45, 7) is 3.14. The first-order valence-corrected chi connectivity index (χ1v) is 8.61. The van der Waals surface area contributed by atoms with Crippen LogP contribution in [0, 0.1) is 5.82 Å². The summed E-state index contributed by atoms with van der Waals surface area (Å²) in [5.74, 6) is 0.901. The van der Waals surface area contributed by atoms with Gasteiger partial charge in [0.05, 0.1) is 6.54 Å². The van der Waals surface area contributed by atoms with Gasteiger partial charge in [0.1, 0.15) is 17.7 Å². The Hall–Kier alpha value is -2.76. The van der Waals surface area contributed by atoms with Gasteiger partial charge in [-0.05, 0) is 36.8 Å². The van der Waals surface area contributed by atoms with Crippen LogP contribution in [-0.2, 0) is 6.54 Å². The number of rotatable bonds is 7. The van der Waals surface area contributed by atoms with E-state index in [1.54, 1.807) is 19.2 Å². The predicted octanol–water partition coefficient (Wildman–Crippen LogP) is 3.02. The molecule has 0 aliphatic rings. The van der Waals surface area contributed by atoms with Gasteiger partial charge in [0.25, 0.3) is 0 Å². The minimum Gasteiger partial charge on any atom is -0.489 e. The van der Waals surface area contributed by atoms with Gasteiger partial charge in [0.2, 0.25) is 0 Å². The number of hydrogen-bond donors (Lipinski definition) is 2. The van der Waals surface area contributed by atoms with Crippen molar-refractivity contribution in [2.75, 3.05) is 32.6 Å². The first-order valence-electron chi connectivity index (χ1n) is 8.61. The minimum absolute atomic E-state index is 0.132. The summed E-state index contributed by atoms with van der Waals surface area (Å²) in [4.78, 5) is 6.29. The molecule has 0 amide bonds. The Bertz CT molecular complexity index is 733. The van der Waals surface area contributed by atoms with Gasteiger partial charge in [-0.1, -0.05) is 18.2 Å². The molecule has 6 heteroatoms. The van der Waals surface area contributed by atoms with E-state index in [2.05, 4.69) is 38.7 Å². The Morgan fingerprint density at radius 1 is 1.15 bits per heavy atom. The van der Waals surface area contributed by atoms with Gasteiger partial charge in [-0.25, -0.2) is 4.39 Å². The van der Waals surface area contributed by atoms with Gasteiger partial charge in [0, 0.05) is 39.4 Å². The molecule has 140 valence electrons. The molecule has 2 N–H and O–H groups in total. The van der Waals surface area contributed by atoms with E-state index in [-0.39, 0.29) is 11.9 Å². The van der Waals surface area contributed by atoms with Crippen LogP contribution < -0.4 is 20.3 Å². The lowest BCUT2D eigenvalue weighted by Gasteiger charge is -2.18. The van der Waals surface area contributed by atoms with Gasteiger partial charge in [-0.2, -0.15) is 0 Å². The molecule has 5 nitrogen and oxygen atoms in total. The second-order valence-corrected chi connectivity index (χ2v) is 6.26. The monoisotopic (exact) mass is 358 g/mol. The molecule has 1 atom stereocenters. The summed E-state index contributed by atoms with van der Waals surface area (Å²) in [5.41, 5.74) is 2.33. The Kier molecular flexibility index (Phi) is 7.26. The molecule has 0 saturated heterocycles. The van der Waals surface area contributed by atoms with E-state index >= 15 is 0 Å². The second-order valence-electron chi connectivity index (χ2n) is 6.26. The molecule has 0 aromatic heterocycles. The molecule has 2 aromatic rings. The second kappa shape index (κ2) is 9.65. The fraction of sp³-hybridized carbons (Fsp3) is 0.350. The van der Waals surface area contributed by atoms with Crippen molar-refractivity contribution in [2.45, 2.75) is 19.6 Å². The zero-order valence-electron chi connectivity index (χ0n) is 15.8. The molecule has 0 aliphatic heterocycles. The number of nitrogens with one attached hydrogen (secondary N) is 2. The number of hydrogen-bond acceptors (Lipinski definition) is 3. The summed E-state index contributed by atoms with van der Waals surface area (Å²) in [7, 11) is 5.77. The van der Waals surface area contributed by atoms with Crippen molar-refractivity contribution in [2.24, 2.45) is 4.99 Å². The highest BCUT2D eigenvalue weighted by Crippen LogP contribution is 2.14. The summed E-state index contributed by atoms with van der Waals surface area (Å²) in [6.07, 6.45) is -0.132. The minimum atomic E-state index is -0.305. The summed E-state index contributed by atoms with van der Waals surface area (Å²) >= 11 is 0. The normalized spacial score (nSPS) is 12.4. The van der Waals surface area contributed by atoms with E-state index in [4.69, 9.17) is 4.74 Å². The summed E-state index contributed by atoms with van der Waals surface area (Å²) < 4.78 is 18.9. The van der Waals surface area contributed by atoms with Crippen LogP contribution in [-0.4, -0.2) is 39.8 Å². The molecule has 0 radical (unpaired) electrons. The highest BCUT2D eigenvalue weighted by atomic mass is 19.1. The average molecular weight is 358 g/mol. The van der Waals surface area contributed by atoms with E-state index in [9.17, 15) is 4.39 Å². The largest absolute Gasteiger partial charge is 0.489 e. The molecule has 0 bridgehead atoms. The molecule has 2 aromatic carbocycles. The van der Waals surface area contributed by atoms with Crippen LogP contribution in [0.2, 0.25) is 0 Å². The third-order valence-electron chi connectivity index (χ3n) is 3.80. The number of benzene rings is 2. The fourth-order valence-electron chi connectivity index (χ4n) is 2.41. The average Bonchev–Trinajstić information content (AvgIpc) is 2.62. The molecule has 0 saturated carbocycles. The number of guanidine groups is 1. The molecular formula is C20H27FN4O. The Balaban J connectivity index is 1.81. The van der Waals surface area contributed by atoms with Gasteiger partial charge >= 0.3 is 0 Å². The third kappa shape index (κ3) is 6.27. The standard InChI is InChI=1S/C20H27FN4O/c1-15(26-19-10-6-8-17(21)12-19)13-23-20(22-2)24-14-16-7-5-9-18(11-16)25(3)4/h5-12,15H,13-14H2,1-4H3,(H2,22,23,24). The molecule has 0 aliphatic carbocycles. The van der Waals surface area contributed by atoms with E-state index in [1.807, 2.05) is 27.1 Å². The number of nitrogens with zero attached hydrogens (tertiary/aromatic N) is 2. The van der Waals surface area contributed by atoms with E-state index < -0.39 is 0 Å².